The van der Waals surface area contributed by atoms with Crippen LogP contribution < -0.4 is 9.47 Å². The standard InChI is InChI=1S/C16H22N2O3/c1-4-9-18-16(15(21-3)11-17-18)14(19)10-12-5-7-13(20-2)8-6-12/h5-8,11,14,19H,4,9-10H2,1-3H3. The van der Waals surface area contributed by atoms with Gasteiger partial charge in [0.25, 0.3) is 0 Å². The molecular formula is C16H22N2O3. The Labute approximate surface area is 125 Å². The Hall–Kier alpha value is -2.01. The Morgan fingerprint density at radius 2 is 1.90 bits per heavy atom. The fourth-order valence-electron chi connectivity index (χ4n) is 2.34. The molecule has 0 spiro atoms. The van der Waals surface area contributed by atoms with E-state index in [2.05, 4.69) is 12.0 Å². The number of nitrogens with zero attached hydrogens (tertiary/aromatic N) is 2. The Bertz CT molecular complexity index is 563. The highest BCUT2D eigenvalue weighted by atomic mass is 16.5. The van der Waals surface area contributed by atoms with Gasteiger partial charge in [-0.3, -0.25) is 4.68 Å². The van der Waals surface area contributed by atoms with Crippen molar-refractivity contribution in [1.29, 1.82) is 0 Å². The van der Waals surface area contributed by atoms with Gasteiger partial charge in [0.1, 0.15) is 17.5 Å². The summed E-state index contributed by atoms with van der Waals surface area (Å²) in [6.07, 6.45) is 2.47. The lowest BCUT2D eigenvalue weighted by atomic mass is 10.0. The second-order valence-corrected chi connectivity index (χ2v) is 4.89. The van der Waals surface area contributed by atoms with Crippen molar-refractivity contribution in [2.75, 3.05) is 14.2 Å². The van der Waals surface area contributed by atoms with Crippen molar-refractivity contribution in [2.24, 2.45) is 0 Å². The zero-order valence-corrected chi connectivity index (χ0v) is 12.7. The maximum Gasteiger partial charge on any atom is 0.162 e. The molecule has 21 heavy (non-hydrogen) atoms. The van der Waals surface area contributed by atoms with Crippen molar-refractivity contribution in [3.63, 3.8) is 0 Å². The van der Waals surface area contributed by atoms with Gasteiger partial charge in [0.2, 0.25) is 0 Å². The number of ether oxygens (including phenoxy) is 2. The van der Waals surface area contributed by atoms with Gasteiger partial charge in [-0.1, -0.05) is 19.1 Å². The third kappa shape index (κ3) is 3.55. The average molecular weight is 290 g/mol. The molecule has 114 valence electrons. The minimum atomic E-state index is -0.651. The average Bonchev–Trinajstić information content (AvgIpc) is 2.91. The van der Waals surface area contributed by atoms with Crippen LogP contribution in [0.4, 0.5) is 0 Å². The Balaban J connectivity index is 2.18. The number of aryl methyl sites for hydroxylation is 1. The van der Waals surface area contributed by atoms with Gasteiger partial charge in [0, 0.05) is 13.0 Å². The molecule has 5 heteroatoms. The van der Waals surface area contributed by atoms with Crippen molar-refractivity contribution < 1.29 is 14.6 Å². The summed E-state index contributed by atoms with van der Waals surface area (Å²) in [7, 11) is 3.23. The highest BCUT2D eigenvalue weighted by Gasteiger charge is 2.20. The molecule has 0 radical (unpaired) electrons. The summed E-state index contributed by atoms with van der Waals surface area (Å²) >= 11 is 0. The van der Waals surface area contributed by atoms with Crippen LogP contribution in [0.1, 0.15) is 30.7 Å². The molecule has 1 aromatic heterocycles. The zero-order chi connectivity index (χ0) is 15.2. The van der Waals surface area contributed by atoms with E-state index in [0.717, 1.165) is 30.0 Å². The lowest BCUT2D eigenvalue weighted by molar-refractivity contribution is 0.162. The predicted octanol–water partition coefficient (Wildman–Crippen LogP) is 2.59. The number of hydrogen-bond donors (Lipinski definition) is 1. The molecule has 0 aliphatic heterocycles. The Morgan fingerprint density at radius 3 is 2.48 bits per heavy atom. The lowest BCUT2D eigenvalue weighted by Crippen LogP contribution is -2.12. The van der Waals surface area contributed by atoms with Crippen LogP contribution in [-0.4, -0.2) is 29.1 Å². The van der Waals surface area contributed by atoms with Crippen molar-refractivity contribution in [3.8, 4) is 11.5 Å². The number of aliphatic hydroxyl groups is 1. The van der Waals surface area contributed by atoms with Crippen molar-refractivity contribution in [2.45, 2.75) is 32.4 Å². The first-order chi connectivity index (χ1) is 10.2. The van der Waals surface area contributed by atoms with Gasteiger partial charge < -0.3 is 14.6 Å². The van der Waals surface area contributed by atoms with E-state index in [4.69, 9.17) is 9.47 Å². The largest absolute Gasteiger partial charge is 0.497 e. The number of rotatable bonds is 7. The fourth-order valence-corrected chi connectivity index (χ4v) is 2.34. The molecule has 1 aromatic carbocycles. The number of hydrogen-bond acceptors (Lipinski definition) is 4. The summed E-state index contributed by atoms with van der Waals surface area (Å²) in [6.45, 7) is 2.84. The van der Waals surface area contributed by atoms with Crippen LogP contribution in [0.2, 0.25) is 0 Å². The SMILES string of the molecule is CCCn1ncc(OC)c1C(O)Cc1ccc(OC)cc1. The van der Waals surface area contributed by atoms with Crippen LogP contribution >= 0.6 is 0 Å². The molecule has 0 aliphatic rings. The molecule has 0 saturated heterocycles. The molecule has 1 N–H and O–H groups in total. The summed E-state index contributed by atoms with van der Waals surface area (Å²) in [6, 6.07) is 7.69. The Kier molecular flexibility index (Phi) is 5.22. The molecule has 0 bridgehead atoms. The number of aliphatic hydroxyl groups excluding tert-OH is 1. The minimum absolute atomic E-state index is 0.510. The van der Waals surface area contributed by atoms with E-state index < -0.39 is 6.10 Å². The second-order valence-electron chi connectivity index (χ2n) is 4.89. The highest BCUT2D eigenvalue weighted by Crippen LogP contribution is 2.28. The second kappa shape index (κ2) is 7.13. The Morgan fingerprint density at radius 1 is 1.19 bits per heavy atom. The van der Waals surface area contributed by atoms with E-state index in [0.29, 0.717) is 12.2 Å². The third-order valence-corrected chi connectivity index (χ3v) is 3.40. The van der Waals surface area contributed by atoms with E-state index in [1.54, 1.807) is 20.4 Å². The van der Waals surface area contributed by atoms with Gasteiger partial charge in [-0.25, -0.2) is 0 Å². The number of methoxy groups -OCH3 is 2. The van der Waals surface area contributed by atoms with Crippen LogP contribution in [0.25, 0.3) is 0 Å². The summed E-state index contributed by atoms with van der Waals surface area (Å²) in [5.74, 6) is 1.44. The molecule has 0 fully saturated rings. The summed E-state index contributed by atoms with van der Waals surface area (Å²) < 4.78 is 12.3. The van der Waals surface area contributed by atoms with Gasteiger partial charge >= 0.3 is 0 Å². The number of aromatic nitrogens is 2. The van der Waals surface area contributed by atoms with Gasteiger partial charge in [0.15, 0.2) is 5.75 Å². The topological polar surface area (TPSA) is 56.5 Å². The zero-order valence-electron chi connectivity index (χ0n) is 12.7. The van der Waals surface area contributed by atoms with Gasteiger partial charge in [-0.05, 0) is 24.1 Å². The first-order valence-corrected chi connectivity index (χ1v) is 7.10. The first kappa shape index (κ1) is 15.4. The maximum atomic E-state index is 10.5. The smallest absolute Gasteiger partial charge is 0.162 e. The maximum absolute atomic E-state index is 10.5. The normalized spacial score (nSPS) is 12.2. The van der Waals surface area contributed by atoms with Crippen molar-refractivity contribution in [3.05, 3.63) is 41.7 Å². The number of benzene rings is 1. The van der Waals surface area contributed by atoms with Crippen LogP contribution in [0, 0.1) is 0 Å². The molecule has 1 heterocycles. The van der Waals surface area contributed by atoms with E-state index >= 15 is 0 Å². The quantitative estimate of drug-likeness (QED) is 0.851. The van der Waals surface area contributed by atoms with Gasteiger partial charge in [0.05, 0.1) is 20.4 Å². The van der Waals surface area contributed by atoms with E-state index in [1.165, 1.54) is 0 Å². The fraction of sp³-hybridized carbons (Fsp3) is 0.438. The summed E-state index contributed by atoms with van der Waals surface area (Å²) in [5, 5.41) is 14.8. The third-order valence-electron chi connectivity index (χ3n) is 3.40. The summed E-state index contributed by atoms with van der Waals surface area (Å²) in [4.78, 5) is 0. The van der Waals surface area contributed by atoms with Crippen LogP contribution in [0.15, 0.2) is 30.5 Å². The van der Waals surface area contributed by atoms with Crippen LogP contribution in [-0.2, 0) is 13.0 Å². The van der Waals surface area contributed by atoms with Crippen molar-refractivity contribution in [1.82, 2.24) is 9.78 Å². The molecular weight excluding hydrogens is 268 g/mol. The van der Waals surface area contributed by atoms with Crippen molar-refractivity contribution >= 4 is 0 Å². The molecule has 2 aromatic rings. The highest BCUT2D eigenvalue weighted by molar-refractivity contribution is 5.31. The van der Waals surface area contributed by atoms with Crippen LogP contribution in [0.3, 0.4) is 0 Å². The molecule has 2 rings (SSSR count). The molecule has 0 aliphatic carbocycles. The van der Waals surface area contributed by atoms with Gasteiger partial charge in [-0.15, -0.1) is 0 Å². The van der Waals surface area contributed by atoms with Gasteiger partial charge in [-0.2, -0.15) is 5.10 Å². The molecule has 0 saturated carbocycles. The summed E-state index contributed by atoms with van der Waals surface area (Å²) in [5.41, 5.74) is 1.77. The molecule has 0 amide bonds. The monoisotopic (exact) mass is 290 g/mol. The predicted molar refractivity (Wildman–Crippen MR) is 80.7 cm³/mol. The molecule has 1 atom stereocenters. The van der Waals surface area contributed by atoms with E-state index in [9.17, 15) is 5.11 Å². The van der Waals surface area contributed by atoms with Crippen LogP contribution in [0.5, 0.6) is 11.5 Å². The lowest BCUT2D eigenvalue weighted by Gasteiger charge is -2.15. The minimum Gasteiger partial charge on any atom is -0.497 e. The first-order valence-electron chi connectivity index (χ1n) is 7.10. The van der Waals surface area contributed by atoms with E-state index in [-0.39, 0.29) is 0 Å². The van der Waals surface area contributed by atoms with E-state index in [1.807, 2.05) is 28.9 Å². The molecule has 5 nitrogen and oxygen atoms in total. The molecule has 1 unspecified atom stereocenters.